The molecule has 0 aromatic rings. The van der Waals surface area contributed by atoms with Gasteiger partial charge in [-0.15, -0.1) is 0 Å². The van der Waals surface area contributed by atoms with Crippen LogP contribution in [0.4, 0.5) is 4.79 Å². The molecule has 0 aliphatic heterocycles. The van der Waals surface area contributed by atoms with Crippen molar-refractivity contribution in [2.45, 2.75) is 13.3 Å². The minimum Gasteiger partial charge on any atom is -0.447 e. The zero-order valence-corrected chi connectivity index (χ0v) is 19.8. The molecule has 1 N–H and O–H groups in total. The van der Waals surface area contributed by atoms with Crippen LogP contribution in [0.3, 0.4) is 0 Å². The van der Waals surface area contributed by atoms with Gasteiger partial charge in [0.2, 0.25) is 0 Å². The van der Waals surface area contributed by atoms with Crippen LogP contribution in [0.1, 0.15) is 13.3 Å². The molecule has 1 amide bonds. The van der Waals surface area contributed by atoms with Gasteiger partial charge in [-0.25, -0.2) is 4.79 Å². The van der Waals surface area contributed by atoms with Gasteiger partial charge in [-0.05, 0) is 6.42 Å². The van der Waals surface area contributed by atoms with E-state index in [-0.39, 0.29) is 6.61 Å². The highest BCUT2D eigenvalue weighted by Gasteiger charge is 1.99. The molecule has 11 nitrogen and oxygen atoms in total. The summed E-state index contributed by atoms with van der Waals surface area (Å²) in [7, 11) is 1.64. The van der Waals surface area contributed by atoms with Crippen molar-refractivity contribution >= 4 is 6.09 Å². The summed E-state index contributed by atoms with van der Waals surface area (Å²) in [5, 5.41) is 2.62. The molecule has 0 bridgehead atoms. The SMILES string of the molecule is CCCNC(=O)OCCOCCOCCOCCOCCOCCOCCOCCOC. The molecular weight excluding hydrogens is 426 g/mol. The average Bonchev–Trinajstić information content (AvgIpc) is 2.80. The van der Waals surface area contributed by atoms with Gasteiger partial charge in [0.15, 0.2) is 0 Å². The molecule has 0 radical (unpaired) electrons. The standard InChI is InChI=1S/C21H43NO10/c1-3-4-22-21(23)32-20-19-31-18-17-30-16-15-29-14-13-28-12-11-27-10-9-26-8-7-25-6-5-24-2/h3-20H2,1-2H3,(H,22,23). The minimum absolute atomic E-state index is 0.225. The van der Waals surface area contributed by atoms with Gasteiger partial charge in [0, 0.05) is 13.7 Å². The number of alkyl carbamates (subject to hydrolysis) is 1. The first-order valence-corrected chi connectivity index (χ1v) is 11.2. The number of hydrogen-bond donors (Lipinski definition) is 1. The number of rotatable bonds is 26. The van der Waals surface area contributed by atoms with Gasteiger partial charge in [-0.3, -0.25) is 0 Å². The summed E-state index contributed by atoms with van der Waals surface area (Å²) in [6, 6.07) is 0. The summed E-state index contributed by atoms with van der Waals surface area (Å²) < 4.78 is 47.4. The number of nitrogens with one attached hydrogen (secondary N) is 1. The summed E-state index contributed by atoms with van der Waals surface area (Å²) in [4.78, 5) is 11.2. The molecule has 32 heavy (non-hydrogen) atoms. The van der Waals surface area contributed by atoms with E-state index in [9.17, 15) is 4.79 Å². The largest absolute Gasteiger partial charge is 0.447 e. The lowest BCUT2D eigenvalue weighted by molar-refractivity contribution is -0.0231. The highest BCUT2D eigenvalue weighted by molar-refractivity contribution is 5.66. The summed E-state index contributed by atoms with van der Waals surface area (Å²) in [6.45, 7) is 10.4. The van der Waals surface area contributed by atoms with Crippen molar-refractivity contribution in [1.82, 2.24) is 5.32 Å². The molecule has 11 heteroatoms. The Balaban J connectivity index is 3.04. The smallest absolute Gasteiger partial charge is 0.407 e. The lowest BCUT2D eigenvalue weighted by atomic mass is 10.5. The quantitative estimate of drug-likeness (QED) is 0.183. The van der Waals surface area contributed by atoms with Gasteiger partial charge in [0.05, 0.1) is 99.1 Å². The second kappa shape index (κ2) is 28.0. The predicted octanol–water partition coefficient (Wildman–Crippen LogP) is 0.885. The summed E-state index contributed by atoms with van der Waals surface area (Å²) in [6.07, 6.45) is 0.459. The third-order valence-corrected chi connectivity index (χ3v) is 3.64. The highest BCUT2D eigenvalue weighted by atomic mass is 16.6. The van der Waals surface area contributed by atoms with Crippen molar-refractivity contribution in [3.63, 3.8) is 0 Å². The fourth-order valence-corrected chi connectivity index (χ4v) is 2.04. The lowest BCUT2D eigenvalue weighted by Gasteiger charge is -2.09. The molecule has 0 unspecified atom stereocenters. The molecule has 0 fully saturated rings. The zero-order valence-electron chi connectivity index (χ0n) is 19.8. The number of ether oxygens (including phenoxy) is 9. The van der Waals surface area contributed by atoms with Crippen molar-refractivity contribution < 1.29 is 47.4 Å². The Kier molecular flexibility index (Phi) is 27.1. The van der Waals surface area contributed by atoms with Crippen LogP contribution < -0.4 is 5.32 Å². The average molecular weight is 470 g/mol. The van der Waals surface area contributed by atoms with Crippen molar-refractivity contribution in [3.05, 3.63) is 0 Å². The van der Waals surface area contributed by atoms with E-state index in [1.54, 1.807) is 7.11 Å². The van der Waals surface area contributed by atoms with Crippen LogP contribution in [0.5, 0.6) is 0 Å². The number of hydrogen-bond acceptors (Lipinski definition) is 10. The van der Waals surface area contributed by atoms with E-state index in [1.807, 2.05) is 6.92 Å². The predicted molar refractivity (Wildman–Crippen MR) is 117 cm³/mol. The van der Waals surface area contributed by atoms with Crippen LogP contribution in [-0.2, 0) is 42.6 Å². The van der Waals surface area contributed by atoms with E-state index in [0.717, 1.165) is 6.42 Å². The van der Waals surface area contributed by atoms with E-state index in [4.69, 9.17) is 42.6 Å². The minimum atomic E-state index is -0.415. The van der Waals surface area contributed by atoms with Crippen molar-refractivity contribution in [2.24, 2.45) is 0 Å². The van der Waals surface area contributed by atoms with Gasteiger partial charge < -0.3 is 47.9 Å². The van der Waals surface area contributed by atoms with Crippen LogP contribution in [0, 0.1) is 0 Å². The molecular formula is C21H43NO10. The number of carbonyl (C=O) groups excluding carboxylic acids is 1. The third kappa shape index (κ3) is 27.0. The van der Waals surface area contributed by atoms with Crippen molar-refractivity contribution in [3.8, 4) is 0 Å². The Bertz CT molecular complexity index is 376. The molecule has 0 aromatic carbocycles. The highest BCUT2D eigenvalue weighted by Crippen LogP contribution is 1.86. The first-order chi connectivity index (χ1) is 15.8. The normalized spacial score (nSPS) is 11.1. The molecule has 0 atom stereocenters. The molecule has 0 aromatic heterocycles. The van der Waals surface area contributed by atoms with Crippen LogP contribution >= 0.6 is 0 Å². The summed E-state index contributed by atoms with van der Waals surface area (Å²) >= 11 is 0. The molecule has 0 rings (SSSR count). The summed E-state index contributed by atoms with van der Waals surface area (Å²) in [5.74, 6) is 0. The van der Waals surface area contributed by atoms with E-state index in [0.29, 0.717) is 106 Å². The van der Waals surface area contributed by atoms with Gasteiger partial charge in [0.25, 0.3) is 0 Å². The van der Waals surface area contributed by atoms with Gasteiger partial charge in [0.1, 0.15) is 6.61 Å². The van der Waals surface area contributed by atoms with E-state index >= 15 is 0 Å². The first-order valence-electron chi connectivity index (χ1n) is 11.2. The molecule has 0 aliphatic rings. The summed E-state index contributed by atoms with van der Waals surface area (Å²) in [5.41, 5.74) is 0. The number of amides is 1. The van der Waals surface area contributed by atoms with Crippen LogP contribution in [-0.4, -0.2) is 125 Å². The second-order valence-corrected chi connectivity index (χ2v) is 6.34. The van der Waals surface area contributed by atoms with Crippen LogP contribution in [0.25, 0.3) is 0 Å². The van der Waals surface area contributed by atoms with Gasteiger partial charge in [-0.1, -0.05) is 6.92 Å². The van der Waals surface area contributed by atoms with Crippen molar-refractivity contribution in [2.75, 3.05) is 119 Å². The maximum absolute atomic E-state index is 11.2. The van der Waals surface area contributed by atoms with Gasteiger partial charge in [-0.2, -0.15) is 0 Å². The Morgan fingerprint density at radius 1 is 0.531 bits per heavy atom. The van der Waals surface area contributed by atoms with Crippen molar-refractivity contribution in [1.29, 1.82) is 0 Å². The first kappa shape index (κ1) is 30.9. The molecule has 0 heterocycles. The molecule has 0 saturated carbocycles. The Morgan fingerprint density at radius 2 is 0.844 bits per heavy atom. The van der Waals surface area contributed by atoms with Crippen LogP contribution in [0.2, 0.25) is 0 Å². The molecule has 192 valence electrons. The fraction of sp³-hybridized carbons (Fsp3) is 0.952. The third-order valence-electron chi connectivity index (χ3n) is 3.64. The molecule has 0 aliphatic carbocycles. The zero-order chi connectivity index (χ0) is 23.4. The molecule has 0 saturated heterocycles. The Labute approximate surface area is 192 Å². The monoisotopic (exact) mass is 469 g/mol. The maximum atomic E-state index is 11.2. The topological polar surface area (TPSA) is 112 Å². The number of carbonyl (C=O) groups is 1. The van der Waals surface area contributed by atoms with E-state index in [2.05, 4.69) is 5.32 Å². The number of methoxy groups -OCH3 is 1. The lowest BCUT2D eigenvalue weighted by Crippen LogP contribution is -2.26. The Morgan fingerprint density at radius 3 is 1.16 bits per heavy atom. The van der Waals surface area contributed by atoms with Crippen LogP contribution in [0.15, 0.2) is 0 Å². The van der Waals surface area contributed by atoms with E-state index in [1.165, 1.54) is 0 Å². The second-order valence-electron chi connectivity index (χ2n) is 6.34. The maximum Gasteiger partial charge on any atom is 0.407 e. The van der Waals surface area contributed by atoms with E-state index < -0.39 is 6.09 Å². The Hall–Kier alpha value is -1.05. The molecule has 0 spiro atoms. The van der Waals surface area contributed by atoms with Gasteiger partial charge >= 0.3 is 6.09 Å². The fourth-order valence-electron chi connectivity index (χ4n) is 2.04.